The van der Waals surface area contributed by atoms with Gasteiger partial charge in [0, 0.05) is 38.3 Å². The molecule has 0 aromatic rings. The molecule has 1 unspecified atom stereocenters. The molecule has 0 bridgehead atoms. The smallest absolute Gasteiger partial charge is 0.0870 e. The minimum Gasteiger partial charge on any atom is -0.392 e. The van der Waals surface area contributed by atoms with E-state index in [1.165, 1.54) is 25.7 Å². The zero-order valence-electron chi connectivity index (χ0n) is 12.9. The number of hydrogen-bond acceptors (Lipinski definition) is 4. The summed E-state index contributed by atoms with van der Waals surface area (Å²) in [6, 6.07) is 1.24. The van der Waals surface area contributed by atoms with E-state index in [2.05, 4.69) is 23.6 Å². The van der Waals surface area contributed by atoms with Crippen LogP contribution in [0.1, 0.15) is 39.5 Å². The van der Waals surface area contributed by atoms with Crippen molar-refractivity contribution in [1.82, 2.24) is 9.80 Å². The highest BCUT2D eigenvalue weighted by atomic mass is 32.1. The number of thiocarbonyl (C=S) groups is 1. The Morgan fingerprint density at radius 2 is 2.10 bits per heavy atom. The molecule has 4 nitrogen and oxygen atoms in total. The van der Waals surface area contributed by atoms with Gasteiger partial charge < -0.3 is 10.5 Å². The molecule has 0 amide bonds. The number of morpholine rings is 1. The van der Waals surface area contributed by atoms with E-state index >= 15 is 0 Å². The lowest BCUT2D eigenvalue weighted by Crippen LogP contribution is -2.52. The van der Waals surface area contributed by atoms with Crippen LogP contribution in [0.15, 0.2) is 0 Å². The topological polar surface area (TPSA) is 41.7 Å². The highest BCUT2D eigenvalue weighted by Crippen LogP contribution is 2.24. The van der Waals surface area contributed by atoms with Gasteiger partial charge in [-0.25, -0.2) is 0 Å². The Kier molecular flexibility index (Phi) is 6.20. The third kappa shape index (κ3) is 4.65. The molecule has 116 valence electrons. The highest BCUT2D eigenvalue weighted by Gasteiger charge is 2.28. The third-order valence-corrected chi connectivity index (χ3v) is 4.67. The standard InChI is InChI=1S/C15H29N3OS/c1-12(2)17-7-8-19-14(9-17)10-18(11-15(16)20)13-5-3-4-6-13/h12-14H,3-11H2,1-2H3,(H2,16,20). The van der Waals surface area contributed by atoms with Crippen molar-refractivity contribution in [3.8, 4) is 0 Å². The van der Waals surface area contributed by atoms with Crippen LogP contribution in [-0.4, -0.2) is 65.8 Å². The van der Waals surface area contributed by atoms with Gasteiger partial charge in [-0.05, 0) is 26.7 Å². The van der Waals surface area contributed by atoms with Crippen molar-refractivity contribution in [1.29, 1.82) is 0 Å². The second-order valence-electron chi connectivity index (χ2n) is 6.42. The van der Waals surface area contributed by atoms with Gasteiger partial charge in [-0.3, -0.25) is 9.80 Å². The van der Waals surface area contributed by atoms with Crippen LogP contribution in [0.2, 0.25) is 0 Å². The van der Waals surface area contributed by atoms with Gasteiger partial charge in [-0.1, -0.05) is 25.1 Å². The fourth-order valence-corrected chi connectivity index (χ4v) is 3.56. The molecule has 1 saturated heterocycles. The second kappa shape index (κ2) is 7.69. The summed E-state index contributed by atoms with van der Waals surface area (Å²) < 4.78 is 5.96. The summed E-state index contributed by atoms with van der Waals surface area (Å²) in [5.41, 5.74) is 5.78. The molecule has 2 fully saturated rings. The van der Waals surface area contributed by atoms with Gasteiger partial charge in [0.05, 0.1) is 17.7 Å². The average molecular weight is 299 g/mol. The van der Waals surface area contributed by atoms with Gasteiger partial charge in [0.15, 0.2) is 0 Å². The van der Waals surface area contributed by atoms with Crippen molar-refractivity contribution in [3.63, 3.8) is 0 Å². The van der Waals surface area contributed by atoms with Crippen molar-refractivity contribution in [2.24, 2.45) is 5.73 Å². The number of nitrogens with two attached hydrogens (primary N) is 1. The van der Waals surface area contributed by atoms with E-state index in [-0.39, 0.29) is 0 Å². The fourth-order valence-electron chi connectivity index (χ4n) is 3.40. The predicted octanol–water partition coefficient (Wildman–Crippen LogP) is 1.63. The van der Waals surface area contributed by atoms with Crippen LogP contribution in [-0.2, 0) is 4.74 Å². The summed E-state index contributed by atoms with van der Waals surface area (Å²) in [7, 11) is 0. The van der Waals surface area contributed by atoms with E-state index in [1.807, 2.05) is 0 Å². The van der Waals surface area contributed by atoms with E-state index in [0.29, 0.717) is 23.2 Å². The molecule has 5 heteroatoms. The third-order valence-electron chi connectivity index (χ3n) is 4.54. The molecule has 0 aromatic heterocycles. The molecular formula is C15H29N3OS. The molecule has 0 radical (unpaired) electrons. The van der Waals surface area contributed by atoms with Crippen molar-refractivity contribution >= 4 is 17.2 Å². The zero-order valence-corrected chi connectivity index (χ0v) is 13.7. The molecule has 2 N–H and O–H groups in total. The van der Waals surface area contributed by atoms with E-state index in [9.17, 15) is 0 Å². The van der Waals surface area contributed by atoms with Crippen LogP contribution in [0, 0.1) is 0 Å². The Morgan fingerprint density at radius 1 is 1.40 bits per heavy atom. The van der Waals surface area contributed by atoms with Crippen molar-refractivity contribution in [2.75, 3.05) is 32.8 Å². The van der Waals surface area contributed by atoms with Gasteiger partial charge in [0.2, 0.25) is 0 Å². The molecule has 1 aliphatic carbocycles. The first-order chi connectivity index (χ1) is 9.56. The van der Waals surface area contributed by atoms with Gasteiger partial charge in [0.1, 0.15) is 0 Å². The van der Waals surface area contributed by atoms with Gasteiger partial charge in [-0.2, -0.15) is 0 Å². The minimum atomic E-state index is 0.293. The lowest BCUT2D eigenvalue weighted by Gasteiger charge is -2.39. The molecule has 0 spiro atoms. The lowest BCUT2D eigenvalue weighted by molar-refractivity contribution is -0.0546. The van der Waals surface area contributed by atoms with Crippen molar-refractivity contribution < 1.29 is 4.74 Å². The van der Waals surface area contributed by atoms with Crippen LogP contribution in [0.4, 0.5) is 0 Å². The van der Waals surface area contributed by atoms with E-state index < -0.39 is 0 Å². The van der Waals surface area contributed by atoms with Crippen LogP contribution in [0.3, 0.4) is 0 Å². The van der Waals surface area contributed by atoms with Crippen LogP contribution < -0.4 is 5.73 Å². The van der Waals surface area contributed by atoms with Crippen molar-refractivity contribution in [2.45, 2.75) is 57.7 Å². The number of rotatable bonds is 6. The highest BCUT2D eigenvalue weighted by molar-refractivity contribution is 7.80. The summed E-state index contributed by atoms with van der Waals surface area (Å²) in [5, 5.41) is 0. The fraction of sp³-hybridized carbons (Fsp3) is 0.933. The molecule has 1 saturated carbocycles. The molecule has 2 rings (SSSR count). The van der Waals surface area contributed by atoms with Gasteiger partial charge >= 0.3 is 0 Å². The minimum absolute atomic E-state index is 0.293. The summed E-state index contributed by atoms with van der Waals surface area (Å²) in [4.78, 5) is 5.57. The van der Waals surface area contributed by atoms with Crippen LogP contribution >= 0.6 is 12.2 Å². The molecule has 1 atom stereocenters. The van der Waals surface area contributed by atoms with E-state index in [0.717, 1.165) is 32.8 Å². The van der Waals surface area contributed by atoms with Gasteiger partial charge in [-0.15, -0.1) is 0 Å². The Bertz CT molecular complexity index is 318. The molecule has 1 heterocycles. The largest absolute Gasteiger partial charge is 0.392 e. The summed E-state index contributed by atoms with van der Waals surface area (Å²) in [6.07, 6.45) is 5.53. The lowest BCUT2D eigenvalue weighted by atomic mass is 10.1. The van der Waals surface area contributed by atoms with Crippen molar-refractivity contribution in [3.05, 3.63) is 0 Å². The summed E-state index contributed by atoms with van der Waals surface area (Å²) >= 11 is 5.12. The first-order valence-corrected chi connectivity index (χ1v) is 8.35. The number of nitrogens with zero attached hydrogens (tertiary/aromatic N) is 2. The average Bonchev–Trinajstić information content (AvgIpc) is 2.91. The first-order valence-electron chi connectivity index (χ1n) is 7.94. The maximum Gasteiger partial charge on any atom is 0.0870 e. The van der Waals surface area contributed by atoms with Crippen LogP contribution in [0.25, 0.3) is 0 Å². The maximum absolute atomic E-state index is 5.96. The van der Waals surface area contributed by atoms with E-state index in [1.54, 1.807) is 0 Å². The Balaban J connectivity index is 1.90. The van der Waals surface area contributed by atoms with E-state index in [4.69, 9.17) is 22.7 Å². The molecule has 1 aliphatic heterocycles. The SMILES string of the molecule is CC(C)N1CCOC(CN(CC(N)=S)C2CCCC2)C1. The molecular weight excluding hydrogens is 270 g/mol. The number of hydrogen-bond donors (Lipinski definition) is 1. The monoisotopic (exact) mass is 299 g/mol. The summed E-state index contributed by atoms with van der Waals surface area (Å²) in [6.45, 7) is 9.13. The van der Waals surface area contributed by atoms with Crippen LogP contribution in [0.5, 0.6) is 0 Å². The molecule has 20 heavy (non-hydrogen) atoms. The quantitative estimate of drug-likeness (QED) is 0.755. The molecule has 0 aromatic carbocycles. The Hall–Kier alpha value is -0.230. The Morgan fingerprint density at radius 3 is 2.70 bits per heavy atom. The normalized spacial score (nSPS) is 25.7. The predicted molar refractivity (Wildman–Crippen MR) is 87.1 cm³/mol. The first kappa shape index (κ1) is 16.1. The Labute approximate surface area is 128 Å². The van der Waals surface area contributed by atoms with Gasteiger partial charge in [0.25, 0.3) is 0 Å². The number of ether oxygens (including phenoxy) is 1. The summed E-state index contributed by atoms with van der Waals surface area (Å²) in [5.74, 6) is 0. The second-order valence-corrected chi connectivity index (χ2v) is 6.94. The molecule has 2 aliphatic rings. The maximum atomic E-state index is 5.96. The zero-order chi connectivity index (χ0) is 14.5.